The Bertz CT molecular complexity index is 209. The topological polar surface area (TPSA) is 49.3 Å². The summed E-state index contributed by atoms with van der Waals surface area (Å²) in [6.45, 7) is 0. The number of carboxylic acid groups (broad SMARTS) is 1. The van der Waals surface area contributed by atoms with Crippen LogP contribution in [0.1, 0.15) is 19.3 Å². The highest BCUT2D eigenvalue weighted by molar-refractivity contribution is 6.13. The molecule has 0 amide bonds. The number of hydrogen-bond donors (Lipinski definition) is 2. The number of halogens is 1. The van der Waals surface area contributed by atoms with Gasteiger partial charge in [0.1, 0.15) is 0 Å². The molecule has 0 unspecified atom stereocenters. The highest BCUT2D eigenvalue weighted by Crippen LogP contribution is 2.48. The molecule has 2 bridgehead atoms. The summed E-state index contributed by atoms with van der Waals surface area (Å²) in [6.07, 6.45) is 3.25. The molecule has 3 nitrogen and oxygen atoms in total. The van der Waals surface area contributed by atoms with Crippen LogP contribution in [0.3, 0.4) is 0 Å². The lowest BCUT2D eigenvalue weighted by Gasteiger charge is -2.26. The van der Waals surface area contributed by atoms with E-state index in [0.717, 1.165) is 19.3 Å². The Labute approximate surface area is 76.2 Å². The second kappa shape index (κ2) is 2.89. The fourth-order valence-electron chi connectivity index (χ4n) is 2.80. The molecule has 2 fully saturated rings. The quantitative estimate of drug-likeness (QED) is 0.643. The number of rotatable bonds is 2. The van der Waals surface area contributed by atoms with Gasteiger partial charge in [0.25, 0.3) is 0 Å². The minimum absolute atomic E-state index is 0.00270. The summed E-state index contributed by atoms with van der Waals surface area (Å²) >= 11 is 5.53. The van der Waals surface area contributed by atoms with Crippen LogP contribution in [0.25, 0.3) is 0 Å². The fraction of sp³-hybridized carbons (Fsp3) is 0.875. The Hall–Kier alpha value is -0.280. The second-order valence-corrected chi connectivity index (χ2v) is 4.05. The van der Waals surface area contributed by atoms with Crippen molar-refractivity contribution in [3.8, 4) is 0 Å². The van der Waals surface area contributed by atoms with Crippen molar-refractivity contribution in [1.29, 1.82) is 0 Å². The molecule has 0 aliphatic heterocycles. The molecule has 0 spiro atoms. The van der Waals surface area contributed by atoms with Gasteiger partial charge in [0.15, 0.2) is 0 Å². The van der Waals surface area contributed by atoms with E-state index in [1.165, 1.54) is 0 Å². The minimum atomic E-state index is -0.694. The van der Waals surface area contributed by atoms with Crippen LogP contribution >= 0.6 is 11.8 Å². The lowest BCUT2D eigenvalue weighted by molar-refractivity contribution is -0.144. The van der Waals surface area contributed by atoms with Crippen LogP contribution in [0.2, 0.25) is 0 Å². The maximum atomic E-state index is 10.9. The van der Waals surface area contributed by atoms with E-state index in [4.69, 9.17) is 16.9 Å². The van der Waals surface area contributed by atoms with E-state index in [1.54, 1.807) is 0 Å². The third-order valence-electron chi connectivity index (χ3n) is 3.33. The van der Waals surface area contributed by atoms with Crippen molar-refractivity contribution in [3.63, 3.8) is 0 Å². The Balaban J connectivity index is 2.16. The van der Waals surface area contributed by atoms with Crippen molar-refractivity contribution in [1.82, 2.24) is 4.84 Å². The monoisotopic (exact) mass is 189 g/mol. The molecular weight excluding hydrogens is 178 g/mol. The molecule has 0 aromatic carbocycles. The van der Waals surface area contributed by atoms with E-state index in [2.05, 4.69) is 4.84 Å². The van der Waals surface area contributed by atoms with Crippen LogP contribution in [0.5, 0.6) is 0 Å². The van der Waals surface area contributed by atoms with Gasteiger partial charge in [-0.1, -0.05) is 0 Å². The normalized spacial score (nSPS) is 45.1. The van der Waals surface area contributed by atoms with Crippen molar-refractivity contribution in [2.75, 3.05) is 0 Å². The largest absolute Gasteiger partial charge is 0.481 e. The first-order chi connectivity index (χ1) is 5.74. The number of aliphatic carboxylic acids is 1. The molecule has 0 heterocycles. The maximum Gasteiger partial charge on any atom is 0.308 e. The molecule has 0 aromatic rings. The molecule has 2 rings (SSSR count). The molecule has 2 N–H and O–H groups in total. The molecule has 2 saturated carbocycles. The predicted octanol–water partition coefficient (Wildman–Crippen LogP) is 1.23. The molecule has 12 heavy (non-hydrogen) atoms. The van der Waals surface area contributed by atoms with Gasteiger partial charge in [0.05, 0.1) is 5.92 Å². The van der Waals surface area contributed by atoms with Gasteiger partial charge in [-0.05, 0) is 42.9 Å². The highest BCUT2D eigenvalue weighted by Gasteiger charge is 2.50. The lowest BCUT2D eigenvalue weighted by Crippen LogP contribution is -2.40. The molecule has 2 aliphatic carbocycles. The standard InChI is InChI=1S/C8H12ClNO2/c9-10-7-5-2-1-4(3-5)6(7)8(11)12/h4-7,10H,1-3H2,(H,11,12)/t4-,5+,6+,7-/m0/s1. The molecule has 0 aromatic heterocycles. The third-order valence-corrected chi connectivity index (χ3v) is 3.58. The van der Waals surface area contributed by atoms with Crippen molar-refractivity contribution < 1.29 is 9.90 Å². The number of nitrogens with one attached hydrogen (secondary N) is 1. The number of carboxylic acids is 1. The average molecular weight is 190 g/mol. The van der Waals surface area contributed by atoms with Crippen molar-refractivity contribution in [3.05, 3.63) is 0 Å². The summed E-state index contributed by atoms with van der Waals surface area (Å²) in [6, 6.07) is 0.00270. The fourth-order valence-corrected chi connectivity index (χ4v) is 3.12. The van der Waals surface area contributed by atoms with Crippen molar-refractivity contribution in [2.24, 2.45) is 17.8 Å². The highest BCUT2D eigenvalue weighted by atomic mass is 35.5. The van der Waals surface area contributed by atoms with E-state index in [-0.39, 0.29) is 12.0 Å². The molecule has 68 valence electrons. The maximum absolute atomic E-state index is 10.9. The van der Waals surface area contributed by atoms with E-state index in [1.807, 2.05) is 0 Å². The van der Waals surface area contributed by atoms with Gasteiger partial charge < -0.3 is 5.11 Å². The van der Waals surface area contributed by atoms with Crippen LogP contribution in [0.15, 0.2) is 0 Å². The Morgan fingerprint density at radius 3 is 2.58 bits per heavy atom. The van der Waals surface area contributed by atoms with Crippen LogP contribution in [-0.2, 0) is 4.79 Å². The zero-order valence-corrected chi connectivity index (χ0v) is 7.42. The van der Waals surface area contributed by atoms with Crippen LogP contribution in [0.4, 0.5) is 0 Å². The molecule has 0 saturated heterocycles. The Kier molecular flexibility index (Phi) is 2.00. The van der Waals surface area contributed by atoms with Gasteiger partial charge in [-0.25, -0.2) is 4.84 Å². The zero-order valence-electron chi connectivity index (χ0n) is 6.66. The summed E-state index contributed by atoms with van der Waals surface area (Å²) in [5, 5.41) is 8.94. The molecule has 2 aliphatic rings. The summed E-state index contributed by atoms with van der Waals surface area (Å²) in [5.74, 6) is -0.0843. The van der Waals surface area contributed by atoms with Gasteiger partial charge in [0, 0.05) is 6.04 Å². The SMILES string of the molecule is O=C(O)[C@@H]1[C@H]2CC[C@H](C2)[C@@H]1NCl. The van der Waals surface area contributed by atoms with Gasteiger partial charge in [-0.15, -0.1) is 0 Å². The predicted molar refractivity (Wildman–Crippen MR) is 44.7 cm³/mol. The molecule has 4 atom stereocenters. The Morgan fingerprint density at radius 2 is 2.08 bits per heavy atom. The zero-order chi connectivity index (χ0) is 8.72. The van der Waals surface area contributed by atoms with Crippen LogP contribution in [0, 0.1) is 17.8 Å². The van der Waals surface area contributed by atoms with Crippen LogP contribution < -0.4 is 4.84 Å². The van der Waals surface area contributed by atoms with E-state index in [0.29, 0.717) is 11.8 Å². The van der Waals surface area contributed by atoms with E-state index < -0.39 is 5.97 Å². The molecule has 0 radical (unpaired) electrons. The van der Waals surface area contributed by atoms with Crippen molar-refractivity contribution in [2.45, 2.75) is 25.3 Å². The lowest BCUT2D eigenvalue weighted by atomic mass is 9.85. The van der Waals surface area contributed by atoms with Crippen molar-refractivity contribution >= 4 is 17.7 Å². The number of hydrogen-bond acceptors (Lipinski definition) is 2. The minimum Gasteiger partial charge on any atom is -0.481 e. The third kappa shape index (κ3) is 1.04. The van der Waals surface area contributed by atoms with Gasteiger partial charge >= 0.3 is 5.97 Å². The smallest absolute Gasteiger partial charge is 0.308 e. The Morgan fingerprint density at radius 1 is 1.42 bits per heavy atom. The van der Waals surface area contributed by atoms with Gasteiger partial charge in [-0.2, -0.15) is 0 Å². The first kappa shape index (κ1) is 8.32. The first-order valence-electron chi connectivity index (χ1n) is 4.33. The van der Waals surface area contributed by atoms with E-state index in [9.17, 15) is 4.79 Å². The summed E-state index contributed by atoms with van der Waals surface area (Å²) in [4.78, 5) is 13.5. The summed E-state index contributed by atoms with van der Waals surface area (Å²) < 4.78 is 0. The first-order valence-corrected chi connectivity index (χ1v) is 4.71. The summed E-state index contributed by atoms with van der Waals surface area (Å²) in [7, 11) is 0. The average Bonchev–Trinajstić information content (AvgIpc) is 2.60. The van der Waals surface area contributed by atoms with E-state index >= 15 is 0 Å². The van der Waals surface area contributed by atoms with Crippen LogP contribution in [-0.4, -0.2) is 17.1 Å². The second-order valence-electron chi connectivity index (χ2n) is 3.83. The van der Waals surface area contributed by atoms with Gasteiger partial charge in [-0.3, -0.25) is 4.79 Å². The molecular formula is C8H12ClNO2. The number of carbonyl (C=O) groups is 1. The number of fused-ring (bicyclic) bond motifs is 2. The molecule has 4 heteroatoms. The van der Waals surface area contributed by atoms with Gasteiger partial charge in [0.2, 0.25) is 0 Å². The summed E-state index contributed by atoms with van der Waals surface area (Å²) in [5.41, 5.74) is 0.